The van der Waals surface area contributed by atoms with Gasteiger partial charge >= 0.3 is 5.97 Å². The van der Waals surface area contributed by atoms with E-state index in [1.54, 1.807) is 0 Å². The first-order chi connectivity index (χ1) is 40.0. The van der Waals surface area contributed by atoms with E-state index in [4.69, 9.17) is 4.74 Å². The van der Waals surface area contributed by atoms with Gasteiger partial charge in [-0.3, -0.25) is 9.59 Å². The highest BCUT2D eigenvalue weighted by Gasteiger charge is 2.20. The van der Waals surface area contributed by atoms with E-state index in [1.165, 1.54) is 360 Å². The quantitative estimate of drug-likeness (QED) is 0.0320. The van der Waals surface area contributed by atoms with E-state index < -0.39 is 12.1 Å². The predicted octanol–water partition coefficient (Wildman–Crippen LogP) is 24.3. The van der Waals surface area contributed by atoms with E-state index in [0.717, 1.165) is 38.5 Å². The SMILES string of the molecule is CCCCCCCCCCCCCCCCCCCCC(=O)OCCCCCCCCCCCCCC/C=C\CCCCCCCCCCCCCCC(=O)NC(CO)C(O)CCCCCCCCCCCCCCCCCCCC. The number of amides is 1. The molecule has 6 nitrogen and oxygen atoms in total. The van der Waals surface area contributed by atoms with Gasteiger partial charge in [-0.25, -0.2) is 0 Å². The van der Waals surface area contributed by atoms with Crippen LogP contribution in [0, 0.1) is 0 Å². The van der Waals surface area contributed by atoms with Gasteiger partial charge in [-0.05, 0) is 51.4 Å². The molecule has 0 aliphatic rings. The minimum Gasteiger partial charge on any atom is -0.466 e. The molecule has 0 rings (SSSR count). The molecule has 0 heterocycles. The molecule has 3 N–H and O–H groups in total. The Hall–Kier alpha value is -1.40. The second-order valence-corrected chi connectivity index (χ2v) is 26.0. The molecule has 0 aromatic rings. The van der Waals surface area contributed by atoms with Gasteiger partial charge in [0.2, 0.25) is 5.91 Å². The summed E-state index contributed by atoms with van der Waals surface area (Å²) >= 11 is 0. The van der Waals surface area contributed by atoms with Gasteiger partial charge in [0.1, 0.15) is 0 Å². The van der Waals surface area contributed by atoms with Crippen molar-refractivity contribution in [2.75, 3.05) is 13.2 Å². The Bertz CT molecular complexity index is 1220. The Kier molecular flexibility index (Phi) is 69.9. The highest BCUT2D eigenvalue weighted by molar-refractivity contribution is 5.76. The summed E-state index contributed by atoms with van der Waals surface area (Å²) < 4.78 is 5.51. The van der Waals surface area contributed by atoms with Crippen LogP contribution in [0.4, 0.5) is 0 Å². The maximum absolute atomic E-state index is 12.5. The van der Waals surface area contributed by atoms with Crippen molar-refractivity contribution in [3.8, 4) is 0 Å². The van der Waals surface area contributed by atoms with E-state index >= 15 is 0 Å². The lowest BCUT2D eigenvalue weighted by Crippen LogP contribution is -2.45. The van der Waals surface area contributed by atoms with Gasteiger partial charge in [0, 0.05) is 12.8 Å². The molecule has 2 unspecified atom stereocenters. The number of ether oxygens (including phenoxy) is 1. The average Bonchev–Trinajstić information content (AvgIpc) is 3.47. The van der Waals surface area contributed by atoms with Gasteiger partial charge in [0.05, 0.1) is 25.4 Å². The van der Waals surface area contributed by atoms with Gasteiger partial charge in [0.15, 0.2) is 0 Å². The van der Waals surface area contributed by atoms with Crippen molar-refractivity contribution in [2.24, 2.45) is 0 Å². The Labute approximate surface area is 508 Å². The molecule has 0 bridgehead atoms. The van der Waals surface area contributed by atoms with Crippen molar-refractivity contribution in [3.63, 3.8) is 0 Å². The van der Waals surface area contributed by atoms with Crippen LogP contribution in [0.15, 0.2) is 12.2 Å². The van der Waals surface area contributed by atoms with Crippen molar-refractivity contribution in [1.29, 1.82) is 0 Å². The molecule has 81 heavy (non-hydrogen) atoms. The van der Waals surface area contributed by atoms with Crippen molar-refractivity contribution in [1.82, 2.24) is 5.32 Å². The number of rotatable bonds is 71. The van der Waals surface area contributed by atoms with Crippen LogP contribution in [0.1, 0.15) is 431 Å². The fourth-order valence-electron chi connectivity index (χ4n) is 12.1. The molecule has 0 saturated heterocycles. The maximum atomic E-state index is 12.5. The molecule has 482 valence electrons. The number of aliphatic hydroxyl groups is 2. The molecule has 0 spiro atoms. The van der Waals surface area contributed by atoms with Gasteiger partial charge in [-0.1, -0.05) is 379 Å². The van der Waals surface area contributed by atoms with E-state index in [1.807, 2.05) is 0 Å². The van der Waals surface area contributed by atoms with Gasteiger partial charge in [-0.15, -0.1) is 0 Å². The first kappa shape index (κ1) is 79.6. The third kappa shape index (κ3) is 67.6. The van der Waals surface area contributed by atoms with Crippen molar-refractivity contribution < 1.29 is 24.5 Å². The molecule has 0 fully saturated rings. The summed E-state index contributed by atoms with van der Waals surface area (Å²) in [5.74, 6) is -0.00889. The number of unbranched alkanes of at least 4 members (excludes halogenated alkanes) is 58. The van der Waals surface area contributed by atoms with Crippen molar-refractivity contribution in [3.05, 3.63) is 12.2 Å². The Morgan fingerprint density at radius 2 is 0.580 bits per heavy atom. The maximum Gasteiger partial charge on any atom is 0.305 e. The molecule has 0 aliphatic carbocycles. The molecule has 6 heteroatoms. The fourth-order valence-corrected chi connectivity index (χ4v) is 12.1. The van der Waals surface area contributed by atoms with Crippen LogP contribution in [0.3, 0.4) is 0 Å². The molecule has 0 aliphatic heterocycles. The largest absolute Gasteiger partial charge is 0.466 e. The second-order valence-electron chi connectivity index (χ2n) is 26.0. The number of nitrogens with one attached hydrogen (secondary N) is 1. The summed E-state index contributed by atoms with van der Waals surface area (Å²) in [5, 5.41) is 23.4. The summed E-state index contributed by atoms with van der Waals surface area (Å²) in [6.07, 6.45) is 88.5. The standard InChI is InChI=1S/C75H147NO5/c1-3-5-7-9-11-13-15-17-19-21-35-39-43-47-51-55-59-63-67-73(78)72(71-77)76-74(79)68-64-60-56-52-48-44-40-36-33-31-29-27-25-23-24-26-28-30-32-34-38-42-46-50-54-58-62-66-70-81-75(80)69-65-61-57-53-49-45-41-37-22-20-18-16-14-12-10-8-6-4-2/h23-24,72-73,77-78H,3-22,25-71H2,1-2H3,(H,76,79)/b24-23-. The number of esters is 1. The van der Waals surface area contributed by atoms with Gasteiger partial charge < -0.3 is 20.3 Å². The third-order valence-corrected chi connectivity index (χ3v) is 17.8. The van der Waals surface area contributed by atoms with Crippen LogP contribution in [-0.2, 0) is 14.3 Å². The summed E-state index contributed by atoms with van der Waals surface area (Å²) in [4.78, 5) is 24.7. The predicted molar refractivity (Wildman–Crippen MR) is 357 cm³/mol. The average molecular weight is 1140 g/mol. The second kappa shape index (κ2) is 71.1. The summed E-state index contributed by atoms with van der Waals surface area (Å²) in [6, 6.07) is -0.541. The molecule has 0 aromatic heterocycles. The first-order valence-corrected chi connectivity index (χ1v) is 37.4. The van der Waals surface area contributed by atoms with Crippen LogP contribution >= 0.6 is 0 Å². The van der Waals surface area contributed by atoms with Crippen LogP contribution < -0.4 is 5.32 Å². The summed E-state index contributed by atoms with van der Waals surface area (Å²) in [6.45, 7) is 5.01. The molecule has 0 saturated carbocycles. The van der Waals surface area contributed by atoms with Crippen LogP contribution in [0.2, 0.25) is 0 Å². The molecular formula is C75H147NO5. The third-order valence-electron chi connectivity index (χ3n) is 17.8. The zero-order valence-electron chi connectivity index (χ0n) is 55.3. The molecule has 0 aromatic carbocycles. The Morgan fingerprint density at radius 1 is 0.333 bits per heavy atom. The number of carbonyl (C=O) groups is 2. The van der Waals surface area contributed by atoms with E-state index in [2.05, 4.69) is 31.3 Å². The Morgan fingerprint density at radius 3 is 0.877 bits per heavy atom. The smallest absolute Gasteiger partial charge is 0.305 e. The number of hydrogen-bond donors (Lipinski definition) is 3. The number of aliphatic hydroxyl groups excluding tert-OH is 2. The normalized spacial score (nSPS) is 12.5. The van der Waals surface area contributed by atoms with E-state index in [0.29, 0.717) is 25.9 Å². The van der Waals surface area contributed by atoms with Crippen LogP contribution in [-0.4, -0.2) is 47.4 Å². The topological polar surface area (TPSA) is 95.9 Å². The van der Waals surface area contributed by atoms with Crippen LogP contribution in [0.5, 0.6) is 0 Å². The lowest BCUT2D eigenvalue weighted by Gasteiger charge is -2.22. The van der Waals surface area contributed by atoms with Crippen LogP contribution in [0.25, 0.3) is 0 Å². The zero-order chi connectivity index (χ0) is 58.5. The summed E-state index contributed by atoms with van der Waals surface area (Å²) in [7, 11) is 0. The highest BCUT2D eigenvalue weighted by Crippen LogP contribution is 2.20. The molecule has 0 radical (unpaired) electrons. The van der Waals surface area contributed by atoms with Gasteiger partial charge in [-0.2, -0.15) is 0 Å². The zero-order valence-corrected chi connectivity index (χ0v) is 55.3. The minimum absolute atomic E-state index is 0.0215. The molecule has 1 amide bonds. The number of hydrogen-bond acceptors (Lipinski definition) is 5. The summed E-state index contributed by atoms with van der Waals surface area (Å²) in [5.41, 5.74) is 0. The van der Waals surface area contributed by atoms with E-state index in [-0.39, 0.29) is 18.5 Å². The first-order valence-electron chi connectivity index (χ1n) is 37.4. The molecular weight excluding hydrogens is 995 g/mol. The van der Waals surface area contributed by atoms with Gasteiger partial charge in [0.25, 0.3) is 0 Å². The molecule has 2 atom stereocenters. The number of carbonyl (C=O) groups excluding carboxylic acids is 2. The Balaban J connectivity index is 3.35. The van der Waals surface area contributed by atoms with E-state index in [9.17, 15) is 19.8 Å². The van der Waals surface area contributed by atoms with Crippen molar-refractivity contribution >= 4 is 11.9 Å². The lowest BCUT2D eigenvalue weighted by atomic mass is 10.0. The monoisotopic (exact) mass is 1140 g/mol. The minimum atomic E-state index is -0.664. The fraction of sp³-hybridized carbons (Fsp3) is 0.947. The highest BCUT2D eigenvalue weighted by atomic mass is 16.5. The lowest BCUT2D eigenvalue weighted by molar-refractivity contribution is -0.143. The number of allylic oxidation sites excluding steroid dienone is 2. The van der Waals surface area contributed by atoms with Crippen molar-refractivity contribution in [2.45, 2.75) is 443 Å².